The van der Waals surface area contributed by atoms with Crippen LogP contribution in [0.5, 0.6) is 5.88 Å². The van der Waals surface area contributed by atoms with Crippen molar-refractivity contribution in [3.8, 4) is 5.88 Å². The Morgan fingerprint density at radius 2 is 1.87 bits per heavy atom. The maximum atomic E-state index is 6.06. The van der Waals surface area contributed by atoms with Gasteiger partial charge < -0.3 is 10.1 Å². The number of hydrogen-bond donors (Lipinski definition) is 1. The van der Waals surface area contributed by atoms with E-state index in [0.29, 0.717) is 22.7 Å². The van der Waals surface area contributed by atoms with Crippen molar-refractivity contribution in [2.45, 2.75) is 25.4 Å². The van der Waals surface area contributed by atoms with Crippen LogP contribution in [0.25, 0.3) is 0 Å². The number of benzene rings is 1. The van der Waals surface area contributed by atoms with Crippen LogP contribution in [-0.2, 0) is 0 Å². The molecule has 0 bridgehead atoms. The van der Waals surface area contributed by atoms with E-state index >= 15 is 0 Å². The Labute approximate surface area is 147 Å². The molecule has 1 aromatic heterocycles. The number of piperidine rings is 1. The number of nitrogens with zero attached hydrogens (tertiary/aromatic N) is 1. The monoisotopic (exact) mass is 350 g/mol. The molecule has 2 unspecified atom stereocenters. The third kappa shape index (κ3) is 4.17. The highest BCUT2D eigenvalue weighted by atomic mass is 35.5. The van der Waals surface area contributed by atoms with Crippen LogP contribution in [0.3, 0.4) is 0 Å². The first kappa shape index (κ1) is 16.6. The van der Waals surface area contributed by atoms with Gasteiger partial charge in [-0.05, 0) is 43.7 Å². The van der Waals surface area contributed by atoms with E-state index in [4.69, 9.17) is 27.9 Å². The number of aromatic nitrogens is 1. The fraction of sp³-hybridized carbons (Fsp3) is 0.389. The zero-order valence-corrected chi connectivity index (χ0v) is 14.5. The van der Waals surface area contributed by atoms with Gasteiger partial charge in [0.05, 0.1) is 5.02 Å². The molecule has 1 aromatic carbocycles. The number of rotatable bonds is 4. The van der Waals surface area contributed by atoms with Crippen molar-refractivity contribution >= 4 is 23.2 Å². The average molecular weight is 351 g/mol. The third-order valence-corrected chi connectivity index (χ3v) is 4.92. The second kappa shape index (κ2) is 7.52. The van der Waals surface area contributed by atoms with E-state index in [9.17, 15) is 0 Å². The third-order valence-electron chi connectivity index (χ3n) is 4.44. The van der Waals surface area contributed by atoms with E-state index < -0.39 is 0 Å². The normalized spacial score (nSPS) is 22.6. The summed E-state index contributed by atoms with van der Waals surface area (Å²) in [5.74, 6) is 1.45. The zero-order valence-electron chi connectivity index (χ0n) is 13.0. The Bertz CT molecular complexity index is 630. The molecule has 23 heavy (non-hydrogen) atoms. The SMILES string of the molecule is C[C@H](Oc1ccc(Cl)cn1)C1CCNCC1c1ccc(Cl)cc1. The molecule has 0 aliphatic carbocycles. The van der Waals surface area contributed by atoms with Gasteiger partial charge >= 0.3 is 0 Å². The highest BCUT2D eigenvalue weighted by molar-refractivity contribution is 6.30. The summed E-state index contributed by atoms with van der Waals surface area (Å²) in [6, 6.07) is 11.7. The summed E-state index contributed by atoms with van der Waals surface area (Å²) in [5, 5.41) is 4.87. The predicted octanol–water partition coefficient (Wildman–Crippen LogP) is 4.55. The molecule has 0 radical (unpaired) electrons. The summed E-state index contributed by atoms with van der Waals surface area (Å²) >= 11 is 11.9. The Morgan fingerprint density at radius 1 is 1.13 bits per heavy atom. The van der Waals surface area contributed by atoms with E-state index in [-0.39, 0.29) is 6.10 Å². The van der Waals surface area contributed by atoms with Crippen LogP contribution in [0.1, 0.15) is 24.8 Å². The van der Waals surface area contributed by atoms with Gasteiger partial charge in [0.25, 0.3) is 0 Å². The highest BCUT2D eigenvalue weighted by Gasteiger charge is 2.32. The number of hydrogen-bond acceptors (Lipinski definition) is 3. The van der Waals surface area contributed by atoms with Crippen LogP contribution in [-0.4, -0.2) is 24.2 Å². The van der Waals surface area contributed by atoms with Gasteiger partial charge in [0.2, 0.25) is 5.88 Å². The lowest BCUT2D eigenvalue weighted by molar-refractivity contribution is 0.108. The fourth-order valence-electron chi connectivity index (χ4n) is 3.23. The highest BCUT2D eigenvalue weighted by Crippen LogP contribution is 2.33. The number of halogens is 2. The summed E-state index contributed by atoms with van der Waals surface area (Å²) in [6.07, 6.45) is 2.76. The molecule has 122 valence electrons. The largest absolute Gasteiger partial charge is 0.474 e. The zero-order chi connectivity index (χ0) is 16.2. The van der Waals surface area contributed by atoms with Crippen LogP contribution < -0.4 is 10.1 Å². The van der Waals surface area contributed by atoms with Crippen LogP contribution >= 0.6 is 23.2 Å². The minimum Gasteiger partial charge on any atom is -0.474 e. The minimum absolute atomic E-state index is 0.0754. The molecule has 0 amide bonds. The van der Waals surface area contributed by atoms with Crippen LogP contribution in [0.2, 0.25) is 10.0 Å². The second-order valence-electron chi connectivity index (χ2n) is 5.95. The molecule has 2 aromatic rings. The molecule has 0 spiro atoms. The summed E-state index contributed by atoms with van der Waals surface area (Å²) in [5.41, 5.74) is 1.30. The Balaban J connectivity index is 1.74. The second-order valence-corrected chi connectivity index (χ2v) is 6.83. The van der Waals surface area contributed by atoms with Crippen LogP contribution in [0, 0.1) is 5.92 Å². The van der Waals surface area contributed by atoms with Crippen molar-refractivity contribution in [1.82, 2.24) is 10.3 Å². The maximum Gasteiger partial charge on any atom is 0.213 e. The van der Waals surface area contributed by atoms with E-state index in [0.717, 1.165) is 24.5 Å². The fourth-order valence-corrected chi connectivity index (χ4v) is 3.46. The van der Waals surface area contributed by atoms with Gasteiger partial charge in [-0.2, -0.15) is 0 Å². The minimum atomic E-state index is 0.0754. The first-order valence-electron chi connectivity index (χ1n) is 7.88. The van der Waals surface area contributed by atoms with Crippen molar-refractivity contribution < 1.29 is 4.74 Å². The molecule has 3 nitrogen and oxygen atoms in total. The molecule has 1 fully saturated rings. The maximum absolute atomic E-state index is 6.06. The molecule has 3 atom stereocenters. The van der Waals surface area contributed by atoms with E-state index in [1.54, 1.807) is 12.3 Å². The van der Waals surface area contributed by atoms with Gasteiger partial charge in [-0.15, -0.1) is 0 Å². The van der Waals surface area contributed by atoms with E-state index in [2.05, 4.69) is 29.4 Å². The van der Waals surface area contributed by atoms with Gasteiger partial charge in [-0.1, -0.05) is 35.3 Å². The van der Waals surface area contributed by atoms with E-state index in [1.807, 2.05) is 18.2 Å². The first-order valence-corrected chi connectivity index (χ1v) is 8.63. The van der Waals surface area contributed by atoms with Crippen molar-refractivity contribution in [2.24, 2.45) is 5.92 Å². The molecule has 1 saturated heterocycles. The van der Waals surface area contributed by atoms with Crippen molar-refractivity contribution in [3.63, 3.8) is 0 Å². The lowest BCUT2D eigenvalue weighted by atomic mass is 9.78. The Morgan fingerprint density at radius 3 is 2.57 bits per heavy atom. The van der Waals surface area contributed by atoms with Crippen LogP contribution in [0.4, 0.5) is 0 Å². The number of ether oxygens (including phenoxy) is 1. The summed E-state index contributed by atoms with van der Waals surface area (Å²) < 4.78 is 6.06. The van der Waals surface area contributed by atoms with Crippen molar-refractivity contribution in [2.75, 3.05) is 13.1 Å². The molecular formula is C18H20Cl2N2O. The molecule has 3 rings (SSSR count). The molecule has 0 saturated carbocycles. The van der Waals surface area contributed by atoms with Gasteiger partial charge in [-0.25, -0.2) is 4.98 Å². The molecule has 2 heterocycles. The molecular weight excluding hydrogens is 331 g/mol. The molecule has 5 heteroatoms. The lowest BCUT2D eigenvalue weighted by Gasteiger charge is -2.36. The number of pyridine rings is 1. The standard InChI is InChI=1S/C18H20Cl2N2O/c1-12(23-18-7-6-15(20)10-22-18)16-8-9-21-11-17(16)13-2-4-14(19)5-3-13/h2-7,10,12,16-17,21H,8-9,11H2,1H3/t12-,16?,17?/m0/s1. The van der Waals surface area contributed by atoms with E-state index in [1.165, 1.54) is 5.56 Å². The summed E-state index contributed by atoms with van der Waals surface area (Å²) in [7, 11) is 0. The lowest BCUT2D eigenvalue weighted by Crippen LogP contribution is -2.41. The summed E-state index contributed by atoms with van der Waals surface area (Å²) in [6.45, 7) is 4.08. The smallest absolute Gasteiger partial charge is 0.213 e. The molecule has 1 N–H and O–H groups in total. The molecule has 1 aliphatic rings. The van der Waals surface area contributed by atoms with Gasteiger partial charge in [-0.3, -0.25) is 0 Å². The van der Waals surface area contributed by atoms with Gasteiger partial charge in [0.1, 0.15) is 6.10 Å². The number of nitrogens with one attached hydrogen (secondary N) is 1. The summed E-state index contributed by atoms with van der Waals surface area (Å²) in [4.78, 5) is 4.24. The Kier molecular flexibility index (Phi) is 5.42. The topological polar surface area (TPSA) is 34.1 Å². The van der Waals surface area contributed by atoms with Crippen LogP contribution in [0.15, 0.2) is 42.6 Å². The first-order chi connectivity index (χ1) is 11.1. The van der Waals surface area contributed by atoms with Gasteiger partial charge in [0, 0.05) is 35.7 Å². The van der Waals surface area contributed by atoms with Crippen molar-refractivity contribution in [3.05, 3.63) is 58.2 Å². The quantitative estimate of drug-likeness (QED) is 0.878. The predicted molar refractivity (Wildman–Crippen MR) is 94.5 cm³/mol. The van der Waals surface area contributed by atoms with Crippen molar-refractivity contribution in [1.29, 1.82) is 0 Å². The van der Waals surface area contributed by atoms with Gasteiger partial charge in [0.15, 0.2) is 0 Å². The average Bonchev–Trinajstić information content (AvgIpc) is 2.58. The Hall–Kier alpha value is -1.29. The molecule has 1 aliphatic heterocycles.